The minimum Gasteiger partial charge on any atom is -0.507 e. The Bertz CT molecular complexity index is 1810. The number of rotatable bonds is 7. The van der Waals surface area contributed by atoms with E-state index < -0.39 is 17.7 Å². The number of aromatic nitrogens is 1. The van der Waals surface area contributed by atoms with Crippen LogP contribution in [0.15, 0.2) is 103 Å². The molecule has 2 heterocycles. The standard InChI is InChI=1S/C32H24N2O6S/c1-38-22-12-7-9-20(17-22)29(35)27-28(19-8-6-13-24(16-19)40-21-10-4-3-5-11-21)34(31(37)30(27)36)32-33-25-15-14-23(39-2)18-26(25)41-32/h3-18,28,35H,1-2H3. The number of aliphatic hydroxyl groups is 1. The van der Waals surface area contributed by atoms with Crippen molar-refractivity contribution in [3.05, 3.63) is 114 Å². The third-order valence-corrected chi connectivity index (χ3v) is 7.75. The fourth-order valence-electron chi connectivity index (χ4n) is 4.77. The number of Topliss-reactive ketones (excluding diaryl/α,β-unsaturated/α-hetero) is 1. The van der Waals surface area contributed by atoms with Crippen molar-refractivity contribution < 1.29 is 28.9 Å². The third kappa shape index (κ3) is 4.87. The molecule has 1 atom stereocenters. The number of aliphatic hydroxyl groups excluding tert-OH is 1. The maximum absolute atomic E-state index is 13.7. The van der Waals surface area contributed by atoms with Gasteiger partial charge in [-0.15, -0.1) is 0 Å². The zero-order chi connectivity index (χ0) is 28.5. The van der Waals surface area contributed by atoms with Gasteiger partial charge in [0.2, 0.25) is 0 Å². The van der Waals surface area contributed by atoms with Gasteiger partial charge in [-0.25, -0.2) is 4.98 Å². The van der Waals surface area contributed by atoms with E-state index in [0.717, 1.165) is 4.70 Å². The van der Waals surface area contributed by atoms with Crippen LogP contribution in [0.5, 0.6) is 23.0 Å². The molecule has 0 saturated carbocycles. The van der Waals surface area contributed by atoms with E-state index in [1.165, 1.54) is 23.3 Å². The molecule has 9 heteroatoms. The highest BCUT2D eigenvalue weighted by molar-refractivity contribution is 7.22. The summed E-state index contributed by atoms with van der Waals surface area (Å²) in [5.74, 6) is 0.367. The lowest BCUT2D eigenvalue weighted by molar-refractivity contribution is -0.132. The number of fused-ring (bicyclic) bond motifs is 1. The predicted molar refractivity (Wildman–Crippen MR) is 157 cm³/mol. The molecule has 1 aromatic heterocycles. The van der Waals surface area contributed by atoms with Crippen molar-refractivity contribution >= 4 is 44.1 Å². The maximum atomic E-state index is 13.7. The molecule has 8 nitrogen and oxygen atoms in total. The topological polar surface area (TPSA) is 98.2 Å². The number of carbonyl (C=O) groups is 2. The van der Waals surface area contributed by atoms with Crippen LogP contribution in [0.1, 0.15) is 17.2 Å². The van der Waals surface area contributed by atoms with E-state index in [1.54, 1.807) is 67.8 Å². The molecule has 0 aliphatic carbocycles. The molecule has 1 amide bonds. The zero-order valence-electron chi connectivity index (χ0n) is 22.1. The summed E-state index contributed by atoms with van der Waals surface area (Å²) in [5.41, 5.74) is 1.51. The second-order valence-corrected chi connectivity index (χ2v) is 10.2. The summed E-state index contributed by atoms with van der Waals surface area (Å²) in [5, 5.41) is 11.8. The van der Waals surface area contributed by atoms with Gasteiger partial charge in [-0.05, 0) is 60.2 Å². The Labute approximate surface area is 239 Å². The lowest BCUT2D eigenvalue weighted by atomic mass is 9.95. The highest BCUT2D eigenvalue weighted by atomic mass is 32.1. The Morgan fingerprint density at radius 2 is 1.51 bits per heavy atom. The second kappa shape index (κ2) is 10.8. The second-order valence-electron chi connectivity index (χ2n) is 9.22. The van der Waals surface area contributed by atoms with Gasteiger partial charge in [0.05, 0.1) is 36.1 Å². The normalized spacial score (nSPS) is 16.2. The minimum atomic E-state index is -0.969. The number of amides is 1. The number of carbonyl (C=O) groups excluding carboxylic acids is 2. The molecule has 0 spiro atoms. The third-order valence-electron chi connectivity index (χ3n) is 6.73. The Balaban J connectivity index is 1.52. The molecule has 204 valence electrons. The number of hydrogen-bond donors (Lipinski definition) is 1. The first-order valence-electron chi connectivity index (χ1n) is 12.7. The first-order chi connectivity index (χ1) is 20.0. The van der Waals surface area contributed by atoms with Crippen molar-refractivity contribution in [1.29, 1.82) is 0 Å². The molecule has 1 unspecified atom stereocenters. The molecule has 5 aromatic rings. The summed E-state index contributed by atoms with van der Waals surface area (Å²) >= 11 is 1.26. The van der Waals surface area contributed by atoms with E-state index in [4.69, 9.17) is 14.2 Å². The lowest BCUT2D eigenvalue weighted by Crippen LogP contribution is -2.29. The molecule has 0 bridgehead atoms. The number of benzene rings is 4. The van der Waals surface area contributed by atoms with Crippen LogP contribution in [-0.2, 0) is 9.59 Å². The molecule has 1 saturated heterocycles. The van der Waals surface area contributed by atoms with Gasteiger partial charge in [-0.1, -0.05) is 53.8 Å². The van der Waals surface area contributed by atoms with Crippen molar-refractivity contribution in [3.8, 4) is 23.0 Å². The molecule has 0 radical (unpaired) electrons. The molecule has 1 N–H and O–H groups in total. The van der Waals surface area contributed by atoms with Crippen molar-refractivity contribution in [1.82, 2.24) is 4.98 Å². The maximum Gasteiger partial charge on any atom is 0.301 e. The van der Waals surface area contributed by atoms with E-state index in [0.29, 0.717) is 44.8 Å². The molecule has 1 aliphatic heterocycles. The van der Waals surface area contributed by atoms with E-state index in [9.17, 15) is 14.7 Å². The first-order valence-corrected chi connectivity index (χ1v) is 13.5. The lowest BCUT2D eigenvalue weighted by Gasteiger charge is -2.23. The summed E-state index contributed by atoms with van der Waals surface area (Å²) < 4.78 is 17.5. The molecular formula is C32H24N2O6S. The Morgan fingerprint density at radius 1 is 0.805 bits per heavy atom. The number of thiazole rings is 1. The van der Waals surface area contributed by atoms with Crippen molar-refractivity contribution in [2.24, 2.45) is 0 Å². The van der Waals surface area contributed by atoms with Gasteiger partial charge in [0.25, 0.3) is 5.78 Å². The Morgan fingerprint density at radius 3 is 2.29 bits per heavy atom. The SMILES string of the molecule is COc1cccc(C(O)=C2C(=O)C(=O)N(c3nc4ccc(OC)cc4s3)C2c2cccc(Oc3ccccc3)c2)c1. The number of para-hydroxylation sites is 1. The van der Waals surface area contributed by atoms with Crippen LogP contribution in [-0.4, -0.2) is 36.0 Å². The fraction of sp³-hybridized carbons (Fsp3) is 0.0938. The van der Waals surface area contributed by atoms with Gasteiger partial charge in [-0.3, -0.25) is 14.5 Å². The van der Waals surface area contributed by atoms with Gasteiger partial charge in [0.15, 0.2) is 5.13 Å². The number of ketones is 1. The van der Waals surface area contributed by atoms with Gasteiger partial charge < -0.3 is 19.3 Å². The monoisotopic (exact) mass is 564 g/mol. The van der Waals surface area contributed by atoms with Crippen molar-refractivity contribution in [3.63, 3.8) is 0 Å². The molecule has 1 fully saturated rings. The van der Waals surface area contributed by atoms with Crippen LogP contribution in [0.3, 0.4) is 0 Å². The largest absolute Gasteiger partial charge is 0.507 e. The van der Waals surface area contributed by atoms with E-state index in [-0.39, 0.29) is 11.3 Å². The first kappa shape index (κ1) is 26.1. The summed E-state index contributed by atoms with van der Waals surface area (Å²) in [4.78, 5) is 33.3. The Kier molecular flexibility index (Phi) is 6.86. The van der Waals surface area contributed by atoms with Gasteiger partial charge in [0.1, 0.15) is 28.8 Å². The van der Waals surface area contributed by atoms with Crippen LogP contribution in [0, 0.1) is 0 Å². The summed E-state index contributed by atoms with van der Waals surface area (Å²) in [6, 6.07) is 27.5. The van der Waals surface area contributed by atoms with E-state index in [1.807, 2.05) is 36.4 Å². The van der Waals surface area contributed by atoms with Crippen LogP contribution >= 0.6 is 11.3 Å². The number of methoxy groups -OCH3 is 2. The summed E-state index contributed by atoms with van der Waals surface area (Å²) in [7, 11) is 3.09. The Hall–Kier alpha value is -5.15. The highest BCUT2D eigenvalue weighted by Gasteiger charge is 2.48. The minimum absolute atomic E-state index is 0.0584. The van der Waals surface area contributed by atoms with Crippen molar-refractivity contribution in [2.45, 2.75) is 6.04 Å². The van der Waals surface area contributed by atoms with Crippen LogP contribution in [0.4, 0.5) is 5.13 Å². The number of anilines is 1. The molecule has 1 aliphatic rings. The number of ether oxygens (including phenoxy) is 3. The molecule has 6 rings (SSSR count). The average molecular weight is 565 g/mol. The van der Waals surface area contributed by atoms with Crippen LogP contribution in [0.2, 0.25) is 0 Å². The average Bonchev–Trinajstić information content (AvgIpc) is 3.54. The van der Waals surface area contributed by atoms with E-state index >= 15 is 0 Å². The number of hydrogen-bond acceptors (Lipinski definition) is 8. The van der Waals surface area contributed by atoms with Crippen molar-refractivity contribution in [2.75, 3.05) is 19.1 Å². The van der Waals surface area contributed by atoms with Gasteiger partial charge in [0, 0.05) is 5.56 Å². The van der Waals surface area contributed by atoms with Gasteiger partial charge >= 0.3 is 5.91 Å². The quantitative estimate of drug-likeness (QED) is 0.133. The van der Waals surface area contributed by atoms with Crippen LogP contribution in [0.25, 0.3) is 16.0 Å². The summed E-state index contributed by atoms with van der Waals surface area (Å²) in [6.07, 6.45) is 0. The van der Waals surface area contributed by atoms with Crippen LogP contribution < -0.4 is 19.1 Å². The summed E-state index contributed by atoms with van der Waals surface area (Å²) in [6.45, 7) is 0. The van der Waals surface area contributed by atoms with E-state index in [2.05, 4.69) is 4.98 Å². The number of nitrogens with zero attached hydrogens (tertiary/aromatic N) is 2. The molecular weight excluding hydrogens is 540 g/mol. The molecule has 41 heavy (non-hydrogen) atoms. The smallest absolute Gasteiger partial charge is 0.301 e. The highest BCUT2D eigenvalue weighted by Crippen LogP contribution is 2.45. The molecule has 4 aromatic carbocycles. The zero-order valence-corrected chi connectivity index (χ0v) is 22.9. The van der Waals surface area contributed by atoms with Gasteiger partial charge in [-0.2, -0.15) is 0 Å². The predicted octanol–water partition coefficient (Wildman–Crippen LogP) is 6.73. The fourth-order valence-corrected chi connectivity index (χ4v) is 5.79.